The summed E-state index contributed by atoms with van der Waals surface area (Å²) in [6, 6.07) is 6.42. The van der Waals surface area contributed by atoms with Crippen LogP contribution in [0, 0.1) is 0 Å². The van der Waals surface area contributed by atoms with Crippen LogP contribution in [0.3, 0.4) is 0 Å². The molecule has 0 bridgehead atoms. The van der Waals surface area contributed by atoms with E-state index in [2.05, 4.69) is 47.0 Å². The molecule has 1 atom stereocenters. The topological polar surface area (TPSA) is 59.5 Å². The third-order valence-electron chi connectivity index (χ3n) is 4.80. The van der Waals surface area contributed by atoms with Crippen LogP contribution in [0.4, 0.5) is 5.69 Å². The number of nitrogens with one attached hydrogen (secondary N) is 1. The molecule has 2 aliphatic heterocycles. The average Bonchev–Trinajstić information content (AvgIpc) is 3.18. The van der Waals surface area contributed by atoms with Gasteiger partial charge in [-0.25, -0.2) is 9.97 Å². The van der Waals surface area contributed by atoms with Gasteiger partial charge in [-0.1, -0.05) is 13.0 Å². The van der Waals surface area contributed by atoms with Gasteiger partial charge in [-0.2, -0.15) is 0 Å². The Morgan fingerprint density at radius 1 is 1.32 bits per heavy atom. The molecule has 1 N–H and O–H groups in total. The Bertz CT molecular complexity index is 761. The number of aromatic nitrogens is 2. The summed E-state index contributed by atoms with van der Waals surface area (Å²) < 4.78 is 11.6. The molecule has 0 aliphatic carbocycles. The maximum Gasteiger partial charge on any atom is 0.322 e. The van der Waals surface area contributed by atoms with Crippen molar-refractivity contribution in [2.24, 2.45) is 0 Å². The molecule has 1 aromatic carbocycles. The Morgan fingerprint density at radius 2 is 2.12 bits per heavy atom. The zero-order valence-corrected chi connectivity index (χ0v) is 15.0. The van der Waals surface area contributed by atoms with Gasteiger partial charge in [-0.05, 0) is 43.5 Å². The van der Waals surface area contributed by atoms with E-state index in [1.165, 1.54) is 11.1 Å². The number of ether oxygens (including phenoxy) is 2. The number of benzene rings is 1. The lowest BCUT2D eigenvalue weighted by Crippen LogP contribution is -2.34. The van der Waals surface area contributed by atoms with Gasteiger partial charge in [0.2, 0.25) is 0 Å². The maximum atomic E-state index is 5.84. The molecular formula is C19H24N4O2. The van der Waals surface area contributed by atoms with Crippen molar-refractivity contribution >= 4 is 5.69 Å². The summed E-state index contributed by atoms with van der Waals surface area (Å²) in [5.74, 6) is 0.749. The molecule has 0 spiro atoms. The van der Waals surface area contributed by atoms with E-state index in [-0.39, 0.29) is 11.6 Å². The molecular weight excluding hydrogens is 316 g/mol. The summed E-state index contributed by atoms with van der Waals surface area (Å²) in [6.45, 7) is 8.92. The predicted molar refractivity (Wildman–Crippen MR) is 95.8 cm³/mol. The molecule has 2 aromatic rings. The summed E-state index contributed by atoms with van der Waals surface area (Å²) in [5.41, 5.74) is 3.55. The first kappa shape index (κ1) is 16.3. The van der Waals surface area contributed by atoms with E-state index in [4.69, 9.17) is 9.47 Å². The minimum absolute atomic E-state index is 0.109. The summed E-state index contributed by atoms with van der Waals surface area (Å²) in [5, 5.41) is 3.46. The first-order valence-corrected chi connectivity index (χ1v) is 8.78. The lowest BCUT2D eigenvalue weighted by Gasteiger charge is -2.19. The number of rotatable bonds is 4. The lowest BCUT2D eigenvalue weighted by molar-refractivity contribution is 0.0636. The fourth-order valence-electron chi connectivity index (χ4n) is 3.40. The maximum absolute atomic E-state index is 5.84. The molecule has 1 saturated heterocycles. The number of anilines is 1. The van der Waals surface area contributed by atoms with Crippen molar-refractivity contribution < 1.29 is 9.47 Å². The summed E-state index contributed by atoms with van der Waals surface area (Å²) in [7, 11) is 0. The van der Waals surface area contributed by atoms with Crippen molar-refractivity contribution in [1.82, 2.24) is 15.3 Å². The van der Waals surface area contributed by atoms with E-state index < -0.39 is 0 Å². The largest absolute Gasteiger partial charge is 0.424 e. The van der Waals surface area contributed by atoms with Gasteiger partial charge in [0.1, 0.15) is 5.75 Å². The zero-order valence-electron chi connectivity index (χ0n) is 15.0. The number of nitrogens with zero attached hydrogens (tertiary/aromatic N) is 3. The van der Waals surface area contributed by atoms with Crippen LogP contribution in [0.25, 0.3) is 0 Å². The number of fused-ring (bicyclic) bond motifs is 1. The smallest absolute Gasteiger partial charge is 0.322 e. The number of hydrogen-bond acceptors (Lipinski definition) is 6. The summed E-state index contributed by atoms with van der Waals surface area (Å²) >= 11 is 0. The second-order valence-electron chi connectivity index (χ2n) is 7.31. The van der Waals surface area contributed by atoms with Gasteiger partial charge in [0.15, 0.2) is 0 Å². The highest BCUT2D eigenvalue weighted by molar-refractivity contribution is 5.45. The van der Waals surface area contributed by atoms with E-state index >= 15 is 0 Å². The Hall–Kier alpha value is -2.18. The van der Waals surface area contributed by atoms with Crippen LogP contribution in [0.2, 0.25) is 0 Å². The van der Waals surface area contributed by atoms with Gasteiger partial charge in [0, 0.05) is 12.1 Å². The Kier molecular flexibility index (Phi) is 4.09. The van der Waals surface area contributed by atoms with Crippen LogP contribution in [0.1, 0.15) is 44.4 Å². The molecule has 25 heavy (non-hydrogen) atoms. The van der Waals surface area contributed by atoms with Crippen molar-refractivity contribution in [3.05, 3.63) is 41.7 Å². The second kappa shape index (κ2) is 6.28. The van der Waals surface area contributed by atoms with Crippen molar-refractivity contribution in [3.63, 3.8) is 0 Å². The second-order valence-corrected chi connectivity index (χ2v) is 7.31. The normalized spacial score (nSPS) is 21.4. The van der Waals surface area contributed by atoms with Gasteiger partial charge in [-0.15, -0.1) is 0 Å². The highest BCUT2D eigenvalue weighted by Gasteiger charge is 2.28. The van der Waals surface area contributed by atoms with Crippen LogP contribution in [0.5, 0.6) is 11.8 Å². The van der Waals surface area contributed by atoms with Gasteiger partial charge in [0.25, 0.3) is 0 Å². The number of hydrogen-bond donors (Lipinski definition) is 1. The first-order valence-electron chi connectivity index (χ1n) is 8.78. The van der Waals surface area contributed by atoms with E-state index in [9.17, 15) is 0 Å². The Morgan fingerprint density at radius 3 is 2.80 bits per heavy atom. The molecule has 2 aliphatic rings. The van der Waals surface area contributed by atoms with E-state index in [0.29, 0.717) is 12.6 Å². The molecule has 3 heterocycles. The van der Waals surface area contributed by atoms with E-state index in [1.807, 2.05) is 24.5 Å². The van der Waals surface area contributed by atoms with Crippen molar-refractivity contribution in [2.45, 2.75) is 45.4 Å². The highest BCUT2D eigenvalue weighted by atomic mass is 16.5. The van der Waals surface area contributed by atoms with Crippen LogP contribution in [0.15, 0.2) is 30.6 Å². The predicted octanol–water partition coefficient (Wildman–Crippen LogP) is 3.40. The molecule has 6 nitrogen and oxygen atoms in total. The van der Waals surface area contributed by atoms with Gasteiger partial charge in [-0.3, -0.25) is 5.32 Å². The molecule has 0 amide bonds. The highest BCUT2D eigenvalue weighted by Crippen LogP contribution is 2.36. The lowest BCUT2D eigenvalue weighted by atomic mass is 10.0. The molecule has 6 heteroatoms. The van der Waals surface area contributed by atoms with Gasteiger partial charge < -0.3 is 14.4 Å². The van der Waals surface area contributed by atoms with Crippen molar-refractivity contribution in [1.29, 1.82) is 0 Å². The average molecular weight is 340 g/mol. The molecule has 1 aromatic heterocycles. The van der Waals surface area contributed by atoms with Gasteiger partial charge in [0.05, 0.1) is 37.5 Å². The Labute approximate surface area is 148 Å². The van der Waals surface area contributed by atoms with E-state index in [1.54, 1.807) is 0 Å². The molecule has 0 radical (unpaired) electrons. The summed E-state index contributed by atoms with van der Waals surface area (Å²) in [6.07, 6.45) is 4.75. The van der Waals surface area contributed by atoms with E-state index in [0.717, 1.165) is 31.1 Å². The zero-order chi connectivity index (χ0) is 17.4. The molecule has 1 unspecified atom stereocenters. The Balaban J connectivity index is 1.47. The van der Waals surface area contributed by atoms with Crippen molar-refractivity contribution in [2.75, 3.05) is 18.1 Å². The minimum Gasteiger partial charge on any atom is -0.424 e. The minimum atomic E-state index is 0.109. The standard InChI is InChI=1S/C19H24N4O2/c1-4-17-16-7-15(6-5-13(16)10-24-17)25-18-20-8-14(9-21-18)23-11-19(2,3)22-12-23/h5-9,17,22H,4,10-12H2,1-3H3. The summed E-state index contributed by atoms with van der Waals surface area (Å²) in [4.78, 5) is 11.0. The monoisotopic (exact) mass is 340 g/mol. The van der Waals surface area contributed by atoms with Crippen LogP contribution in [-0.2, 0) is 11.3 Å². The van der Waals surface area contributed by atoms with Gasteiger partial charge >= 0.3 is 6.01 Å². The van der Waals surface area contributed by atoms with Crippen LogP contribution in [-0.4, -0.2) is 28.7 Å². The molecule has 4 rings (SSSR count). The fourth-order valence-corrected chi connectivity index (χ4v) is 3.40. The quantitative estimate of drug-likeness (QED) is 0.920. The first-order chi connectivity index (χ1) is 12.0. The third kappa shape index (κ3) is 3.32. The van der Waals surface area contributed by atoms with Crippen LogP contribution >= 0.6 is 0 Å². The third-order valence-corrected chi connectivity index (χ3v) is 4.80. The van der Waals surface area contributed by atoms with Crippen molar-refractivity contribution in [3.8, 4) is 11.8 Å². The molecule has 132 valence electrons. The SMILES string of the molecule is CCC1OCc2ccc(Oc3ncc(N4CNC(C)(C)C4)cn3)cc21. The van der Waals surface area contributed by atoms with Crippen LogP contribution < -0.4 is 15.0 Å². The fraction of sp³-hybridized carbons (Fsp3) is 0.474. The molecule has 0 saturated carbocycles. The molecule has 1 fully saturated rings.